The summed E-state index contributed by atoms with van der Waals surface area (Å²) >= 11 is 0. The lowest BCUT2D eigenvalue weighted by atomic mass is 10.1. The number of aromatic nitrogens is 1. The standard InChI is InChI=1S/C31H51N5O8/c1-8-9-21-42-24-11-10-15-36(27(24)39)16-14-26(38)35-19-17-34(18-20-35)25(37)13-12-23(33-29(41)44-31(5,6)7)22-32-28(40)43-30(2,3)4/h10-11,15,23H,8-9,12-14,16-22H2,1-7H3,(H,32,40)(H,33,41). The maximum absolute atomic E-state index is 13.0. The maximum Gasteiger partial charge on any atom is 0.407 e. The van der Waals surface area contributed by atoms with E-state index in [0.717, 1.165) is 12.8 Å². The van der Waals surface area contributed by atoms with Crippen LogP contribution in [-0.2, 0) is 25.6 Å². The van der Waals surface area contributed by atoms with Gasteiger partial charge in [-0.3, -0.25) is 14.4 Å². The largest absolute Gasteiger partial charge is 0.488 e. The Labute approximate surface area is 260 Å². The molecule has 0 bridgehead atoms. The van der Waals surface area contributed by atoms with Crippen molar-refractivity contribution in [2.45, 2.75) is 104 Å². The zero-order chi connectivity index (χ0) is 32.9. The molecule has 248 valence electrons. The van der Waals surface area contributed by atoms with Crippen LogP contribution in [0.3, 0.4) is 0 Å². The minimum atomic E-state index is -0.706. The Morgan fingerprint density at radius 2 is 1.45 bits per heavy atom. The molecular weight excluding hydrogens is 570 g/mol. The molecule has 0 radical (unpaired) electrons. The minimum absolute atomic E-state index is 0.0561. The molecule has 1 atom stereocenters. The van der Waals surface area contributed by atoms with Gasteiger partial charge in [0.05, 0.1) is 12.6 Å². The first-order valence-corrected chi connectivity index (χ1v) is 15.4. The molecule has 1 aromatic rings. The summed E-state index contributed by atoms with van der Waals surface area (Å²) in [5, 5.41) is 5.37. The van der Waals surface area contributed by atoms with Crippen molar-refractivity contribution in [3.8, 4) is 5.75 Å². The Morgan fingerprint density at radius 3 is 2.02 bits per heavy atom. The number of carbonyl (C=O) groups is 4. The summed E-state index contributed by atoms with van der Waals surface area (Å²) in [6.07, 6.45) is 2.75. The molecule has 0 aliphatic carbocycles. The molecule has 1 unspecified atom stereocenters. The van der Waals surface area contributed by atoms with Gasteiger partial charge in [0.2, 0.25) is 11.8 Å². The number of unbranched alkanes of at least 4 members (excludes halogenated alkanes) is 1. The summed E-state index contributed by atoms with van der Waals surface area (Å²) in [4.78, 5) is 66.4. The predicted molar refractivity (Wildman–Crippen MR) is 166 cm³/mol. The highest BCUT2D eigenvalue weighted by molar-refractivity contribution is 5.78. The molecule has 1 saturated heterocycles. The first-order chi connectivity index (χ1) is 20.6. The smallest absolute Gasteiger partial charge is 0.407 e. The predicted octanol–water partition coefficient (Wildman–Crippen LogP) is 3.29. The molecule has 13 nitrogen and oxygen atoms in total. The Bertz CT molecular complexity index is 1160. The normalized spacial score (nSPS) is 14.4. The van der Waals surface area contributed by atoms with Crippen LogP contribution in [-0.4, -0.2) is 94.9 Å². The summed E-state index contributed by atoms with van der Waals surface area (Å²) < 4.78 is 17.7. The highest BCUT2D eigenvalue weighted by Crippen LogP contribution is 2.12. The number of piperazine rings is 1. The van der Waals surface area contributed by atoms with E-state index in [1.165, 1.54) is 4.57 Å². The van der Waals surface area contributed by atoms with Crippen molar-refractivity contribution in [2.75, 3.05) is 39.3 Å². The van der Waals surface area contributed by atoms with Gasteiger partial charge in [-0.05, 0) is 66.5 Å². The summed E-state index contributed by atoms with van der Waals surface area (Å²) in [7, 11) is 0. The average Bonchev–Trinajstić information content (AvgIpc) is 2.92. The molecule has 13 heteroatoms. The van der Waals surface area contributed by atoms with Gasteiger partial charge >= 0.3 is 12.2 Å². The summed E-state index contributed by atoms with van der Waals surface area (Å²) in [6.45, 7) is 14.8. The molecule has 0 spiro atoms. The maximum atomic E-state index is 13.0. The molecule has 0 aromatic carbocycles. The second kappa shape index (κ2) is 16.9. The number of nitrogens with zero attached hydrogens (tertiary/aromatic N) is 3. The third kappa shape index (κ3) is 13.7. The van der Waals surface area contributed by atoms with Crippen LogP contribution in [0, 0.1) is 0 Å². The van der Waals surface area contributed by atoms with E-state index in [1.54, 1.807) is 69.7 Å². The molecule has 1 aliphatic rings. The molecule has 2 heterocycles. The molecule has 2 N–H and O–H groups in total. The number of aryl methyl sites for hydroxylation is 1. The summed E-state index contributed by atoms with van der Waals surface area (Å²) in [5.74, 6) is 0.0811. The van der Waals surface area contributed by atoms with Crippen molar-refractivity contribution in [2.24, 2.45) is 0 Å². The SMILES string of the molecule is CCCCOc1cccn(CCC(=O)N2CCN(C(=O)CCC(CNC(=O)OC(C)(C)C)NC(=O)OC(C)(C)C)CC2)c1=O. The van der Waals surface area contributed by atoms with Crippen LogP contribution in [0.2, 0.25) is 0 Å². The Morgan fingerprint density at radius 1 is 0.886 bits per heavy atom. The first kappa shape index (κ1) is 36.4. The zero-order valence-corrected chi connectivity index (χ0v) is 27.4. The van der Waals surface area contributed by atoms with Crippen LogP contribution in [0.5, 0.6) is 5.75 Å². The fourth-order valence-corrected chi connectivity index (χ4v) is 4.38. The van der Waals surface area contributed by atoms with Crippen molar-refractivity contribution in [3.05, 3.63) is 28.7 Å². The first-order valence-electron chi connectivity index (χ1n) is 15.4. The third-order valence-electron chi connectivity index (χ3n) is 6.61. The van der Waals surface area contributed by atoms with Gasteiger partial charge in [-0.2, -0.15) is 0 Å². The Kier molecular flexibility index (Phi) is 14.0. The fourth-order valence-electron chi connectivity index (χ4n) is 4.38. The van der Waals surface area contributed by atoms with Crippen molar-refractivity contribution in [1.29, 1.82) is 0 Å². The number of ether oxygens (including phenoxy) is 3. The van der Waals surface area contributed by atoms with E-state index >= 15 is 0 Å². The van der Waals surface area contributed by atoms with Crippen LogP contribution in [0.25, 0.3) is 0 Å². The number of pyridine rings is 1. The number of rotatable bonds is 13. The van der Waals surface area contributed by atoms with E-state index in [-0.39, 0.29) is 55.5 Å². The molecule has 2 rings (SSSR count). The highest BCUT2D eigenvalue weighted by atomic mass is 16.6. The van der Waals surface area contributed by atoms with E-state index in [2.05, 4.69) is 10.6 Å². The monoisotopic (exact) mass is 621 g/mol. The van der Waals surface area contributed by atoms with Crippen molar-refractivity contribution in [1.82, 2.24) is 25.0 Å². The zero-order valence-electron chi connectivity index (χ0n) is 27.4. The second-order valence-electron chi connectivity index (χ2n) is 12.8. The van der Waals surface area contributed by atoms with Crippen molar-refractivity contribution < 1.29 is 33.4 Å². The van der Waals surface area contributed by atoms with Gasteiger partial charge in [0.1, 0.15) is 11.2 Å². The van der Waals surface area contributed by atoms with E-state index in [1.807, 2.05) is 6.92 Å². The Balaban J connectivity index is 1.85. The number of nitrogens with one attached hydrogen (secondary N) is 2. The average molecular weight is 622 g/mol. The number of alkyl carbamates (subject to hydrolysis) is 2. The molecule has 4 amide bonds. The number of hydrogen-bond donors (Lipinski definition) is 2. The van der Waals surface area contributed by atoms with Gasteiger partial charge in [-0.25, -0.2) is 9.59 Å². The highest BCUT2D eigenvalue weighted by Gasteiger charge is 2.26. The Hall–Kier alpha value is -3.77. The minimum Gasteiger partial charge on any atom is -0.488 e. The molecule has 0 saturated carbocycles. The topological polar surface area (TPSA) is 149 Å². The number of carbonyl (C=O) groups excluding carboxylic acids is 4. The molecule has 1 fully saturated rings. The van der Waals surface area contributed by atoms with Crippen LogP contribution in [0.15, 0.2) is 23.1 Å². The number of amides is 4. The lowest BCUT2D eigenvalue weighted by Crippen LogP contribution is -2.51. The van der Waals surface area contributed by atoms with Gasteiger partial charge in [0, 0.05) is 58.3 Å². The van der Waals surface area contributed by atoms with E-state index in [4.69, 9.17) is 14.2 Å². The lowest BCUT2D eigenvalue weighted by Gasteiger charge is -2.35. The van der Waals surface area contributed by atoms with Gasteiger partial charge in [0.25, 0.3) is 5.56 Å². The molecular formula is C31H51N5O8. The van der Waals surface area contributed by atoms with Gasteiger partial charge in [-0.15, -0.1) is 0 Å². The number of hydrogen-bond acceptors (Lipinski definition) is 8. The van der Waals surface area contributed by atoms with E-state index < -0.39 is 29.4 Å². The van der Waals surface area contributed by atoms with Crippen LogP contribution < -0.4 is 20.9 Å². The van der Waals surface area contributed by atoms with Crippen molar-refractivity contribution in [3.63, 3.8) is 0 Å². The van der Waals surface area contributed by atoms with E-state index in [9.17, 15) is 24.0 Å². The van der Waals surface area contributed by atoms with Gasteiger partial charge in [-0.1, -0.05) is 13.3 Å². The van der Waals surface area contributed by atoms with Crippen LogP contribution >= 0.6 is 0 Å². The molecule has 1 aromatic heterocycles. The van der Waals surface area contributed by atoms with Crippen LogP contribution in [0.1, 0.15) is 80.6 Å². The van der Waals surface area contributed by atoms with Gasteiger partial charge < -0.3 is 39.2 Å². The van der Waals surface area contributed by atoms with Gasteiger partial charge in [0.15, 0.2) is 5.75 Å². The second-order valence-corrected chi connectivity index (χ2v) is 12.8. The fraction of sp³-hybridized carbons (Fsp3) is 0.710. The third-order valence-corrected chi connectivity index (χ3v) is 6.61. The van der Waals surface area contributed by atoms with Crippen molar-refractivity contribution >= 4 is 24.0 Å². The summed E-state index contributed by atoms with van der Waals surface area (Å²) in [5.41, 5.74) is -1.64. The lowest BCUT2D eigenvalue weighted by molar-refractivity contribution is -0.139. The quantitative estimate of drug-likeness (QED) is 0.319. The summed E-state index contributed by atoms with van der Waals surface area (Å²) in [6, 6.07) is 2.81. The molecule has 1 aliphatic heterocycles. The van der Waals surface area contributed by atoms with E-state index in [0.29, 0.717) is 32.8 Å². The molecule has 44 heavy (non-hydrogen) atoms. The van der Waals surface area contributed by atoms with Crippen LogP contribution in [0.4, 0.5) is 9.59 Å².